The van der Waals surface area contributed by atoms with E-state index in [-0.39, 0.29) is 6.10 Å². The second-order valence-corrected chi connectivity index (χ2v) is 6.45. The molecule has 1 saturated carbocycles. The van der Waals surface area contributed by atoms with Gasteiger partial charge in [0.1, 0.15) is 0 Å². The molecule has 1 aliphatic heterocycles. The number of nitrogens with one attached hydrogen (secondary N) is 2. The van der Waals surface area contributed by atoms with Crippen molar-refractivity contribution in [3.63, 3.8) is 0 Å². The summed E-state index contributed by atoms with van der Waals surface area (Å²) >= 11 is 6.40. The fourth-order valence-electron chi connectivity index (χ4n) is 2.76. The number of halogens is 1. The van der Waals surface area contributed by atoms with Crippen molar-refractivity contribution in [1.82, 2.24) is 15.3 Å². The molecule has 2 aliphatic rings. The molecule has 0 amide bonds. The Labute approximate surface area is 140 Å². The Morgan fingerprint density at radius 1 is 1.17 bits per heavy atom. The highest BCUT2D eigenvalue weighted by atomic mass is 35.5. The van der Waals surface area contributed by atoms with Crippen LogP contribution in [0.15, 0.2) is 30.6 Å². The average molecular weight is 331 g/mol. The van der Waals surface area contributed by atoms with Gasteiger partial charge in [-0.05, 0) is 42.0 Å². The van der Waals surface area contributed by atoms with Crippen molar-refractivity contribution in [3.8, 4) is 0 Å². The molecule has 6 heteroatoms. The summed E-state index contributed by atoms with van der Waals surface area (Å²) in [4.78, 5) is 8.75. The summed E-state index contributed by atoms with van der Waals surface area (Å²) in [5.74, 6) is 1.23. The van der Waals surface area contributed by atoms with E-state index in [0.717, 1.165) is 30.9 Å². The molecule has 0 bridgehead atoms. The van der Waals surface area contributed by atoms with Crippen LogP contribution < -0.4 is 10.6 Å². The van der Waals surface area contributed by atoms with Gasteiger partial charge in [0.2, 0.25) is 5.95 Å². The Hall–Kier alpha value is -1.69. The summed E-state index contributed by atoms with van der Waals surface area (Å²) in [6, 6.07) is 5.93. The van der Waals surface area contributed by atoms with Crippen LogP contribution in [0.3, 0.4) is 0 Å². The highest BCUT2D eigenvalue weighted by Gasteiger charge is 2.24. The maximum absolute atomic E-state index is 6.40. The number of aromatic nitrogens is 2. The fourth-order valence-corrected chi connectivity index (χ4v) is 3.00. The van der Waals surface area contributed by atoms with E-state index in [1.165, 1.54) is 18.4 Å². The van der Waals surface area contributed by atoms with E-state index >= 15 is 0 Å². The Balaban J connectivity index is 1.47. The monoisotopic (exact) mass is 330 g/mol. The van der Waals surface area contributed by atoms with Gasteiger partial charge < -0.3 is 15.4 Å². The number of nitrogens with zero attached hydrogens (tertiary/aromatic N) is 2. The van der Waals surface area contributed by atoms with Gasteiger partial charge in [0.15, 0.2) is 0 Å². The summed E-state index contributed by atoms with van der Waals surface area (Å²) in [5.41, 5.74) is 3.11. The third-order valence-electron chi connectivity index (χ3n) is 4.26. The molecule has 2 N–H and O–H groups in total. The second-order valence-electron chi connectivity index (χ2n) is 6.04. The minimum absolute atomic E-state index is 0.0596. The first-order valence-electron chi connectivity index (χ1n) is 8.00. The van der Waals surface area contributed by atoms with E-state index in [1.54, 1.807) is 0 Å². The Kier molecular flexibility index (Phi) is 4.16. The van der Waals surface area contributed by atoms with Crippen molar-refractivity contribution in [2.75, 3.05) is 25.0 Å². The molecule has 1 aromatic carbocycles. The zero-order valence-corrected chi connectivity index (χ0v) is 13.5. The first-order chi connectivity index (χ1) is 11.3. The van der Waals surface area contributed by atoms with Crippen LogP contribution >= 0.6 is 11.6 Å². The van der Waals surface area contributed by atoms with Crippen LogP contribution in [-0.4, -0.2) is 29.7 Å². The van der Waals surface area contributed by atoms with Gasteiger partial charge in [0.25, 0.3) is 0 Å². The average Bonchev–Trinajstić information content (AvgIpc) is 3.43. The molecule has 2 heterocycles. The molecular weight excluding hydrogens is 312 g/mol. The number of hydrogen-bond donors (Lipinski definition) is 2. The SMILES string of the molecule is Clc1cc([C@@H]2CNCCO2)ccc1Nc1ncc(C2CC2)cn1. The van der Waals surface area contributed by atoms with Gasteiger partial charge in [0, 0.05) is 25.5 Å². The lowest BCUT2D eigenvalue weighted by atomic mass is 10.1. The molecule has 1 saturated heterocycles. The van der Waals surface area contributed by atoms with Crippen LogP contribution in [0, 0.1) is 0 Å². The van der Waals surface area contributed by atoms with Crippen LogP contribution in [0.5, 0.6) is 0 Å². The zero-order valence-electron chi connectivity index (χ0n) is 12.8. The van der Waals surface area contributed by atoms with Crippen molar-refractivity contribution >= 4 is 23.2 Å². The van der Waals surface area contributed by atoms with Crippen LogP contribution in [0.1, 0.15) is 36.0 Å². The fraction of sp³-hybridized carbons (Fsp3) is 0.412. The third-order valence-corrected chi connectivity index (χ3v) is 4.57. The molecule has 1 atom stereocenters. The molecule has 0 radical (unpaired) electrons. The lowest BCUT2D eigenvalue weighted by Crippen LogP contribution is -2.33. The van der Waals surface area contributed by atoms with Gasteiger partial charge in [-0.1, -0.05) is 17.7 Å². The lowest BCUT2D eigenvalue weighted by Gasteiger charge is -2.24. The van der Waals surface area contributed by atoms with E-state index in [1.807, 2.05) is 30.6 Å². The van der Waals surface area contributed by atoms with Gasteiger partial charge in [-0.2, -0.15) is 0 Å². The maximum Gasteiger partial charge on any atom is 0.227 e. The zero-order chi connectivity index (χ0) is 15.6. The molecule has 120 valence electrons. The van der Waals surface area contributed by atoms with Gasteiger partial charge in [-0.15, -0.1) is 0 Å². The first-order valence-corrected chi connectivity index (χ1v) is 8.38. The molecular formula is C17H19ClN4O. The van der Waals surface area contributed by atoms with Gasteiger partial charge in [0.05, 0.1) is 23.4 Å². The molecule has 4 rings (SSSR count). The van der Waals surface area contributed by atoms with E-state index in [2.05, 4.69) is 20.6 Å². The van der Waals surface area contributed by atoms with E-state index in [9.17, 15) is 0 Å². The second kappa shape index (κ2) is 6.43. The number of rotatable bonds is 4. The topological polar surface area (TPSA) is 59.1 Å². The summed E-state index contributed by atoms with van der Waals surface area (Å²) in [6.07, 6.45) is 6.36. The number of anilines is 2. The van der Waals surface area contributed by atoms with Crippen LogP contribution in [-0.2, 0) is 4.74 Å². The summed E-state index contributed by atoms with van der Waals surface area (Å²) in [5, 5.41) is 7.15. The van der Waals surface area contributed by atoms with Gasteiger partial charge in [-0.25, -0.2) is 9.97 Å². The number of ether oxygens (including phenoxy) is 1. The predicted octanol–water partition coefficient (Wildman–Crippen LogP) is 3.41. The molecule has 2 aromatic rings. The molecule has 1 aliphatic carbocycles. The number of benzene rings is 1. The Bertz CT molecular complexity index is 681. The maximum atomic E-state index is 6.40. The molecule has 23 heavy (non-hydrogen) atoms. The number of morpholine rings is 1. The highest BCUT2D eigenvalue weighted by Crippen LogP contribution is 2.39. The van der Waals surface area contributed by atoms with E-state index < -0.39 is 0 Å². The van der Waals surface area contributed by atoms with Gasteiger partial charge >= 0.3 is 0 Å². The molecule has 5 nitrogen and oxygen atoms in total. The van der Waals surface area contributed by atoms with Crippen molar-refractivity contribution in [2.24, 2.45) is 0 Å². The number of hydrogen-bond acceptors (Lipinski definition) is 5. The van der Waals surface area contributed by atoms with E-state index in [0.29, 0.717) is 16.9 Å². The molecule has 0 unspecified atom stereocenters. The Morgan fingerprint density at radius 2 is 2.00 bits per heavy atom. The predicted molar refractivity (Wildman–Crippen MR) is 90.3 cm³/mol. The molecule has 2 fully saturated rings. The van der Waals surface area contributed by atoms with E-state index in [4.69, 9.17) is 16.3 Å². The van der Waals surface area contributed by atoms with Crippen molar-refractivity contribution in [2.45, 2.75) is 24.9 Å². The summed E-state index contributed by atoms with van der Waals surface area (Å²) in [7, 11) is 0. The smallest absolute Gasteiger partial charge is 0.227 e. The van der Waals surface area contributed by atoms with Crippen LogP contribution in [0.2, 0.25) is 5.02 Å². The summed E-state index contributed by atoms with van der Waals surface area (Å²) in [6.45, 7) is 2.44. The van der Waals surface area contributed by atoms with Crippen LogP contribution in [0.4, 0.5) is 11.6 Å². The summed E-state index contributed by atoms with van der Waals surface area (Å²) < 4.78 is 5.75. The first kappa shape index (κ1) is 14.9. The van der Waals surface area contributed by atoms with Gasteiger partial charge in [-0.3, -0.25) is 0 Å². The van der Waals surface area contributed by atoms with Crippen molar-refractivity contribution in [3.05, 3.63) is 46.7 Å². The highest BCUT2D eigenvalue weighted by molar-refractivity contribution is 6.33. The lowest BCUT2D eigenvalue weighted by molar-refractivity contribution is 0.0277. The molecule has 0 spiro atoms. The quantitative estimate of drug-likeness (QED) is 0.899. The third kappa shape index (κ3) is 3.47. The molecule has 1 aromatic heterocycles. The normalized spacial score (nSPS) is 21.2. The van der Waals surface area contributed by atoms with Crippen molar-refractivity contribution < 1.29 is 4.74 Å². The minimum atomic E-state index is 0.0596. The Morgan fingerprint density at radius 3 is 2.65 bits per heavy atom. The minimum Gasteiger partial charge on any atom is -0.371 e. The standard InChI is InChI=1S/C17H19ClN4O/c18-14-7-12(16-10-19-5-6-23-16)3-4-15(14)22-17-20-8-13(9-21-17)11-1-2-11/h3-4,7-9,11,16,19H,1-2,5-6,10H2,(H,20,21,22)/t16-/m0/s1. The largest absolute Gasteiger partial charge is 0.371 e. The van der Waals surface area contributed by atoms with Crippen molar-refractivity contribution in [1.29, 1.82) is 0 Å². The van der Waals surface area contributed by atoms with Crippen LogP contribution in [0.25, 0.3) is 0 Å².